The maximum Gasteiger partial charge on any atom is 0.238 e. The summed E-state index contributed by atoms with van der Waals surface area (Å²) in [6.45, 7) is 0. The summed E-state index contributed by atoms with van der Waals surface area (Å²) in [5.41, 5.74) is 3.99. The van der Waals surface area contributed by atoms with E-state index >= 15 is 0 Å². The number of para-hydroxylation sites is 2. The van der Waals surface area contributed by atoms with Gasteiger partial charge in [-0.3, -0.25) is 4.57 Å². The molecule has 8 aromatic carbocycles. The van der Waals surface area contributed by atoms with Gasteiger partial charge in [-0.25, -0.2) is 4.98 Å². The molecule has 0 unspecified atom stereocenters. The minimum atomic E-state index is -2.97. The molecule has 0 amide bonds. The molecule has 0 spiro atoms. The fraction of sp³-hybridized carbons (Fsp3) is 0. The molecule has 0 aliphatic carbocycles. The fourth-order valence-corrected chi connectivity index (χ4v) is 15.3. The van der Waals surface area contributed by atoms with Crippen LogP contribution in [0.2, 0.25) is 0 Å². The second-order valence-corrected chi connectivity index (χ2v) is 19.2. The van der Waals surface area contributed by atoms with Crippen LogP contribution in [0, 0.1) is 0 Å². The van der Waals surface area contributed by atoms with Crippen molar-refractivity contribution in [2.45, 2.75) is 0 Å². The van der Waals surface area contributed by atoms with E-state index in [0.717, 1.165) is 32.9 Å². The van der Waals surface area contributed by atoms with Crippen molar-refractivity contribution in [3.05, 3.63) is 206 Å². The molecule has 11 aromatic rings. The number of hydrogen-bond acceptors (Lipinski definition) is 4. The van der Waals surface area contributed by atoms with Gasteiger partial charge in [0, 0.05) is 42.1 Å². The van der Waals surface area contributed by atoms with Crippen molar-refractivity contribution in [1.29, 1.82) is 0 Å². The molecule has 0 aliphatic heterocycles. The lowest BCUT2D eigenvalue weighted by Gasteiger charge is -2.35. The van der Waals surface area contributed by atoms with E-state index in [1.165, 1.54) is 40.9 Å². The van der Waals surface area contributed by atoms with Gasteiger partial charge in [0.1, 0.15) is 0 Å². The van der Waals surface area contributed by atoms with Crippen LogP contribution in [-0.4, -0.2) is 27.6 Å². The first-order valence-electron chi connectivity index (χ1n) is 19.2. The van der Waals surface area contributed by atoms with E-state index in [1.807, 2.05) is 29.5 Å². The van der Waals surface area contributed by atoms with Gasteiger partial charge in [0.15, 0.2) is 19.7 Å². The van der Waals surface area contributed by atoms with Crippen LogP contribution in [-0.2, 0) is 0 Å². The molecule has 3 heterocycles. The third kappa shape index (κ3) is 5.37. The zero-order valence-electron chi connectivity index (χ0n) is 30.8. The van der Waals surface area contributed by atoms with Crippen LogP contribution in [0.5, 0.6) is 0 Å². The first-order chi connectivity index (χ1) is 28.3. The molecule has 268 valence electrons. The molecule has 0 fully saturated rings. The molecular weight excluding hydrogens is 729 g/mol. The zero-order valence-corrected chi connectivity index (χ0v) is 32.6. The summed E-state index contributed by atoms with van der Waals surface area (Å²) in [5, 5.41) is 10.2. The van der Waals surface area contributed by atoms with Gasteiger partial charge in [-0.2, -0.15) is 9.97 Å². The molecule has 0 bridgehead atoms. The maximum atomic E-state index is 5.35. The van der Waals surface area contributed by atoms with E-state index < -0.39 is 8.07 Å². The number of aromatic nitrogens is 4. The van der Waals surface area contributed by atoms with Crippen molar-refractivity contribution in [1.82, 2.24) is 19.5 Å². The summed E-state index contributed by atoms with van der Waals surface area (Å²) in [6.07, 6.45) is 0. The van der Waals surface area contributed by atoms with Gasteiger partial charge in [-0.05, 0) is 38.9 Å². The molecule has 0 atom stereocenters. The molecule has 6 heteroatoms. The summed E-state index contributed by atoms with van der Waals surface area (Å²) >= 11 is 1.90. The summed E-state index contributed by atoms with van der Waals surface area (Å²) in [7, 11) is -2.97. The number of thiophene rings is 1. The average Bonchev–Trinajstić information content (AvgIpc) is 3.84. The Bertz CT molecular complexity index is 3160. The van der Waals surface area contributed by atoms with Gasteiger partial charge in [0.05, 0.1) is 11.0 Å². The van der Waals surface area contributed by atoms with Crippen LogP contribution in [0.15, 0.2) is 206 Å². The Kier molecular flexibility index (Phi) is 7.98. The van der Waals surface area contributed by atoms with Crippen LogP contribution in [0.4, 0.5) is 0 Å². The molecule has 0 saturated carbocycles. The monoisotopic (exact) mass is 762 g/mol. The van der Waals surface area contributed by atoms with Crippen LogP contribution in [0.3, 0.4) is 0 Å². The Hall–Kier alpha value is -6.99. The summed E-state index contributed by atoms with van der Waals surface area (Å²) in [5.74, 6) is 1.85. The Morgan fingerprint density at radius 3 is 1.54 bits per heavy atom. The number of rotatable bonds is 7. The minimum Gasteiger partial charge on any atom is -0.278 e. The molecule has 57 heavy (non-hydrogen) atoms. The lowest BCUT2D eigenvalue weighted by molar-refractivity contribution is 0.953. The van der Waals surface area contributed by atoms with Crippen molar-refractivity contribution in [3.63, 3.8) is 0 Å². The van der Waals surface area contributed by atoms with Gasteiger partial charge in [-0.15, -0.1) is 11.3 Å². The second-order valence-electron chi connectivity index (χ2n) is 14.4. The van der Waals surface area contributed by atoms with Gasteiger partial charge < -0.3 is 0 Å². The molecule has 0 saturated heterocycles. The summed E-state index contributed by atoms with van der Waals surface area (Å²) < 4.78 is 4.82. The van der Waals surface area contributed by atoms with E-state index in [4.69, 9.17) is 15.0 Å². The largest absolute Gasteiger partial charge is 0.278 e. The predicted molar refractivity (Wildman–Crippen MR) is 242 cm³/mol. The zero-order chi connectivity index (χ0) is 37.8. The Labute approximate surface area is 335 Å². The van der Waals surface area contributed by atoms with Gasteiger partial charge in [0.25, 0.3) is 0 Å². The SMILES string of the molecule is c1ccc(-c2nc(-c3cccc([Si](c4ccccc4)(c4ccccc4)c4cccc5c4sc4ccccc45)c3)nc(-n3c4ccccc4c4ccccc43)n2)cc1. The molecule has 0 aliphatic rings. The van der Waals surface area contributed by atoms with Crippen LogP contribution < -0.4 is 20.7 Å². The van der Waals surface area contributed by atoms with Gasteiger partial charge in [0.2, 0.25) is 5.95 Å². The maximum absolute atomic E-state index is 5.35. The smallest absolute Gasteiger partial charge is 0.238 e. The average molecular weight is 763 g/mol. The Morgan fingerprint density at radius 2 is 0.877 bits per heavy atom. The highest BCUT2D eigenvalue weighted by atomic mass is 32.1. The fourth-order valence-electron chi connectivity index (χ4n) is 8.73. The standard InChI is InChI=1S/C51H34N4SSi/c1-4-18-35(19-5-1)49-52-50(54-51(53-49)55-44-30-13-10-26-40(44)41-27-11-14-31-45(41)55)36-20-16-25-39(34-36)57(37-21-6-2-7-22-37,38-23-8-3-9-24-38)47-33-17-29-43-42-28-12-15-32-46(42)56-48(43)47/h1-34H. The summed E-state index contributed by atoms with van der Waals surface area (Å²) in [6, 6.07) is 74.3. The topological polar surface area (TPSA) is 43.6 Å². The van der Waals surface area contributed by atoms with Crippen LogP contribution >= 0.6 is 11.3 Å². The highest BCUT2D eigenvalue weighted by Gasteiger charge is 2.43. The normalized spacial score (nSPS) is 11.9. The van der Waals surface area contributed by atoms with Crippen LogP contribution in [0.1, 0.15) is 0 Å². The van der Waals surface area contributed by atoms with Crippen molar-refractivity contribution >= 4 is 82.1 Å². The highest BCUT2D eigenvalue weighted by Crippen LogP contribution is 2.35. The second kappa shape index (κ2) is 13.6. The molecular formula is C51H34N4SSi. The first-order valence-corrected chi connectivity index (χ1v) is 22.0. The third-order valence-electron chi connectivity index (χ3n) is 11.2. The molecule has 4 nitrogen and oxygen atoms in total. The van der Waals surface area contributed by atoms with Crippen molar-refractivity contribution in [3.8, 4) is 28.7 Å². The lowest BCUT2D eigenvalue weighted by Crippen LogP contribution is -2.74. The number of nitrogens with zero attached hydrogens (tertiary/aromatic N) is 4. The Balaban J connectivity index is 1.21. The number of fused-ring (bicyclic) bond motifs is 6. The third-order valence-corrected chi connectivity index (χ3v) is 17.4. The van der Waals surface area contributed by atoms with Crippen molar-refractivity contribution in [2.75, 3.05) is 0 Å². The summed E-state index contributed by atoms with van der Waals surface area (Å²) in [4.78, 5) is 15.8. The molecule has 11 rings (SSSR count). The van der Waals surface area contributed by atoms with Crippen LogP contribution in [0.25, 0.3) is 70.7 Å². The van der Waals surface area contributed by atoms with E-state index in [-0.39, 0.29) is 0 Å². The molecule has 3 aromatic heterocycles. The van der Waals surface area contributed by atoms with Gasteiger partial charge in [-0.1, -0.05) is 188 Å². The minimum absolute atomic E-state index is 0.589. The number of hydrogen-bond donors (Lipinski definition) is 0. The van der Waals surface area contributed by atoms with E-state index in [2.05, 4.69) is 193 Å². The van der Waals surface area contributed by atoms with E-state index in [0.29, 0.717) is 17.6 Å². The van der Waals surface area contributed by atoms with Crippen molar-refractivity contribution in [2.24, 2.45) is 0 Å². The molecule has 0 N–H and O–H groups in total. The van der Waals surface area contributed by atoms with E-state index in [1.54, 1.807) is 0 Å². The Morgan fingerprint density at radius 1 is 0.386 bits per heavy atom. The van der Waals surface area contributed by atoms with Crippen molar-refractivity contribution < 1.29 is 0 Å². The van der Waals surface area contributed by atoms with E-state index in [9.17, 15) is 0 Å². The highest BCUT2D eigenvalue weighted by molar-refractivity contribution is 7.30. The lowest BCUT2D eigenvalue weighted by atomic mass is 10.1. The van der Waals surface area contributed by atoms with Gasteiger partial charge >= 0.3 is 0 Å². The predicted octanol–water partition coefficient (Wildman–Crippen LogP) is 10.0. The first kappa shape index (κ1) is 33.4. The molecule has 0 radical (unpaired) electrons. The quantitative estimate of drug-likeness (QED) is 0.120. The number of benzene rings is 8.